The summed E-state index contributed by atoms with van der Waals surface area (Å²) in [4.78, 5) is 0. The van der Waals surface area contributed by atoms with Crippen LogP contribution in [0.25, 0.3) is 0 Å². The fourth-order valence-electron chi connectivity index (χ4n) is 1.43. The van der Waals surface area contributed by atoms with Gasteiger partial charge in [0, 0.05) is 5.02 Å². The summed E-state index contributed by atoms with van der Waals surface area (Å²) >= 11 is 11.6. The third-order valence-corrected chi connectivity index (χ3v) is 4.48. The van der Waals surface area contributed by atoms with E-state index in [4.69, 9.17) is 27.9 Å². The highest BCUT2D eigenvalue weighted by atomic mass is 35.5. The van der Waals surface area contributed by atoms with Crippen molar-refractivity contribution in [3.8, 4) is 5.75 Å². The number of allylic oxidation sites excluding steroid dienone is 1. The first kappa shape index (κ1) is 17.3. The van der Waals surface area contributed by atoms with Crippen molar-refractivity contribution in [2.45, 2.75) is 13.0 Å². The Hall–Kier alpha value is -0.750. The van der Waals surface area contributed by atoms with Gasteiger partial charge in [0.1, 0.15) is 18.5 Å². The van der Waals surface area contributed by atoms with E-state index >= 15 is 0 Å². The molecule has 0 radical (unpaired) electrons. The van der Waals surface area contributed by atoms with Gasteiger partial charge in [0.2, 0.25) is 0 Å². The number of rotatable bonds is 7. The standard InChI is InChI=1S/C13H16Cl2O4S/c1-2-3-6-20(17,18)9-11(16)8-19-13-5-4-10(14)7-12(13)15/h2-5,7,11,16H,6,8-9H2,1H3. The highest BCUT2D eigenvalue weighted by Gasteiger charge is 2.17. The first-order valence-corrected chi connectivity index (χ1v) is 8.49. The molecule has 0 saturated carbocycles. The van der Waals surface area contributed by atoms with Crippen LogP contribution >= 0.6 is 23.2 Å². The average molecular weight is 339 g/mol. The minimum absolute atomic E-state index is 0.0950. The highest BCUT2D eigenvalue weighted by molar-refractivity contribution is 7.91. The highest BCUT2D eigenvalue weighted by Crippen LogP contribution is 2.27. The monoisotopic (exact) mass is 338 g/mol. The van der Waals surface area contributed by atoms with Crippen LogP contribution in [-0.2, 0) is 9.84 Å². The molecule has 0 amide bonds. The zero-order valence-corrected chi connectivity index (χ0v) is 13.2. The van der Waals surface area contributed by atoms with E-state index < -0.39 is 15.9 Å². The van der Waals surface area contributed by atoms with E-state index in [1.807, 2.05) is 0 Å². The fourth-order valence-corrected chi connectivity index (χ4v) is 3.20. The van der Waals surface area contributed by atoms with Gasteiger partial charge in [-0.1, -0.05) is 35.4 Å². The van der Waals surface area contributed by atoms with E-state index in [9.17, 15) is 13.5 Å². The normalized spacial score (nSPS) is 13.6. The first-order chi connectivity index (χ1) is 9.34. The molecule has 0 heterocycles. The summed E-state index contributed by atoms with van der Waals surface area (Å²) in [5.74, 6) is -0.105. The molecule has 1 aromatic carbocycles. The lowest BCUT2D eigenvalue weighted by Gasteiger charge is -2.13. The summed E-state index contributed by atoms with van der Waals surface area (Å²) < 4.78 is 28.5. The Balaban J connectivity index is 2.53. The summed E-state index contributed by atoms with van der Waals surface area (Å²) in [5.41, 5.74) is 0. The molecule has 1 aromatic rings. The topological polar surface area (TPSA) is 63.6 Å². The van der Waals surface area contributed by atoms with Gasteiger partial charge in [-0.2, -0.15) is 0 Å². The average Bonchev–Trinajstić information content (AvgIpc) is 2.35. The molecule has 1 unspecified atom stereocenters. The van der Waals surface area contributed by atoms with E-state index in [0.717, 1.165) is 0 Å². The van der Waals surface area contributed by atoms with Gasteiger partial charge < -0.3 is 9.84 Å². The number of sulfone groups is 1. The molecule has 0 fully saturated rings. The quantitative estimate of drug-likeness (QED) is 0.776. The maximum atomic E-state index is 11.6. The van der Waals surface area contributed by atoms with Crippen LogP contribution in [0.15, 0.2) is 30.4 Å². The predicted octanol–water partition coefficient (Wildman–Crippen LogP) is 2.72. The molecule has 1 N–H and O–H groups in total. The Morgan fingerprint density at radius 3 is 2.70 bits per heavy atom. The minimum atomic E-state index is -3.34. The van der Waals surface area contributed by atoms with Crippen LogP contribution in [0.2, 0.25) is 10.0 Å². The fraction of sp³-hybridized carbons (Fsp3) is 0.385. The molecule has 0 aromatic heterocycles. The number of halogens is 2. The van der Waals surface area contributed by atoms with Crippen molar-refractivity contribution >= 4 is 33.0 Å². The Kier molecular flexibility index (Phi) is 6.82. The van der Waals surface area contributed by atoms with Crippen molar-refractivity contribution in [1.82, 2.24) is 0 Å². The van der Waals surface area contributed by atoms with Crippen molar-refractivity contribution in [1.29, 1.82) is 0 Å². The van der Waals surface area contributed by atoms with Gasteiger partial charge in [-0.25, -0.2) is 8.42 Å². The molecule has 0 aliphatic heterocycles. The molecule has 0 bridgehead atoms. The summed E-state index contributed by atoms with van der Waals surface area (Å²) in [7, 11) is -3.34. The smallest absolute Gasteiger partial charge is 0.156 e. The molecule has 4 nitrogen and oxygen atoms in total. The second kappa shape index (κ2) is 7.88. The van der Waals surface area contributed by atoms with Crippen LogP contribution in [0.1, 0.15) is 6.92 Å². The van der Waals surface area contributed by atoms with Crippen molar-refractivity contribution in [3.05, 3.63) is 40.4 Å². The molecule has 20 heavy (non-hydrogen) atoms. The van der Waals surface area contributed by atoms with Gasteiger partial charge in [-0.05, 0) is 25.1 Å². The van der Waals surface area contributed by atoms with Gasteiger partial charge in [0.15, 0.2) is 9.84 Å². The molecule has 1 rings (SSSR count). The Labute approximate surface area is 128 Å². The molecule has 0 aliphatic rings. The number of ether oxygens (including phenoxy) is 1. The van der Waals surface area contributed by atoms with Gasteiger partial charge in [0.25, 0.3) is 0 Å². The molecule has 1 atom stereocenters. The van der Waals surface area contributed by atoms with Gasteiger partial charge in [0.05, 0.1) is 16.5 Å². The number of aliphatic hydroxyl groups is 1. The number of hydrogen-bond acceptors (Lipinski definition) is 4. The molecule has 112 valence electrons. The van der Waals surface area contributed by atoms with Crippen molar-refractivity contribution < 1.29 is 18.3 Å². The van der Waals surface area contributed by atoms with Crippen LogP contribution in [0.3, 0.4) is 0 Å². The summed E-state index contributed by atoms with van der Waals surface area (Å²) in [6.45, 7) is 1.58. The van der Waals surface area contributed by atoms with E-state index in [0.29, 0.717) is 15.8 Å². The first-order valence-electron chi connectivity index (χ1n) is 5.91. The van der Waals surface area contributed by atoms with Crippen LogP contribution in [-0.4, -0.2) is 37.7 Å². The minimum Gasteiger partial charge on any atom is -0.489 e. The van der Waals surface area contributed by atoms with E-state index in [1.165, 1.54) is 12.1 Å². The Morgan fingerprint density at radius 1 is 1.40 bits per heavy atom. The lowest BCUT2D eigenvalue weighted by atomic mass is 10.3. The summed E-state index contributed by atoms with van der Waals surface area (Å²) in [5, 5.41) is 10.5. The lowest BCUT2D eigenvalue weighted by molar-refractivity contribution is 0.125. The second-order valence-corrected chi connectivity index (χ2v) is 7.18. The van der Waals surface area contributed by atoms with Crippen molar-refractivity contribution in [3.63, 3.8) is 0 Å². The van der Waals surface area contributed by atoms with Gasteiger partial charge in [-0.3, -0.25) is 0 Å². The number of aliphatic hydroxyl groups excluding tert-OH is 1. The number of benzene rings is 1. The van der Waals surface area contributed by atoms with Crippen molar-refractivity contribution in [2.75, 3.05) is 18.1 Å². The summed E-state index contributed by atoms with van der Waals surface area (Å²) in [6.07, 6.45) is 2.06. The Bertz CT molecular complexity index is 570. The van der Waals surface area contributed by atoms with Gasteiger partial charge in [-0.15, -0.1) is 0 Å². The van der Waals surface area contributed by atoms with Crippen LogP contribution in [0.5, 0.6) is 5.75 Å². The van der Waals surface area contributed by atoms with E-state index in [1.54, 1.807) is 25.1 Å². The zero-order valence-electron chi connectivity index (χ0n) is 10.9. The van der Waals surface area contributed by atoms with Crippen LogP contribution in [0.4, 0.5) is 0 Å². The number of hydrogen-bond donors (Lipinski definition) is 1. The molecule has 7 heteroatoms. The largest absolute Gasteiger partial charge is 0.489 e. The molecular weight excluding hydrogens is 323 g/mol. The Morgan fingerprint density at radius 2 is 2.10 bits per heavy atom. The van der Waals surface area contributed by atoms with Crippen LogP contribution in [0, 0.1) is 0 Å². The maximum absolute atomic E-state index is 11.6. The molecule has 0 saturated heterocycles. The lowest BCUT2D eigenvalue weighted by Crippen LogP contribution is -2.28. The van der Waals surface area contributed by atoms with E-state index in [2.05, 4.69) is 0 Å². The van der Waals surface area contributed by atoms with Crippen molar-refractivity contribution in [2.24, 2.45) is 0 Å². The van der Waals surface area contributed by atoms with E-state index in [-0.39, 0.29) is 18.1 Å². The molecule has 0 spiro atoms. The summed E-state index contributed by atoms with van der Waals surface area (Å²) in [6, 6.07) is 4.66. The third-order valence-electron chi connectivity index (χ3n) is 2.36. The maximum Gasteiger partial charge on any atom is 0.156 e. The second-order valence-electron chi connectivity index (χ2n) is 4.19. The predicted molar refractivity (Wildman–Crippen MR) is 81.4 cm³/mol. The van der Waals surface area contributed by atoms with Crippen LogP contribution < -0.4 is 4.74 Å². The molecule has 0 aliphatic carbocycles. The SMILES string of the molecule is CC=CCS(=O)(=O)CC(O)COc1ccc(Cl)cc1Cl. The third kappa shape index (κ3) is 6.13. The molecular formula is C13H16Cl2O4S. The van der Waals surface area contributed by atoms with Gasteiger partial charge >= 0.3 is 0 Å². The zero-order chi connectivity index (χ0) is 15.2.